The van der Waals surface area contributed by atoms with Crippen LogP contribution in [0, 0.1) is 0 Å². The second-order valence-electron chi connectivity index (χ2n) is 2.99. The molecule has 0 aromatic rings. The summed E-state index contributed by atoms with van der Waals surface area (Å²) < 4.78 is 14.8. The van der Waals surface area contributed by atoms with Gasteiger partial charge in [0.25, 0.3) is 0 Å². The molecule has 0 spiro atoms. The Morgan fingerprint density at radius 1 is 1.45 bits per heavy atom. The summed E-state index contributed by atoms with van der Waals surface area (Å²) in [5.74, 6) is -3.03. The van der Waals surface area contributed by atoms with Crippen molar-refractivity contribution in [3.63, 3.8) is 0 Å². The number of carboxylic acids is 1. The Hall–Kier alpha value is -0.650. The second kappa shape index (κ2) is 1.74. The Morgan fingerprint density at radius 3 is 2.18 bits per heavy atom. The first-order valence-corrected chi connectivity index (χ1v) is 3.28. The van der Waals surface area contributed by atoms with Crippen LogP contribution in [0.15, 0.2) is 0 Å². The second-order valence-corrected chi connectivity index (χ2v) is 2.99. The van der Waals surface area contributed by atoms with Crippen LogP contribution in [0.2, 0.25) is 0 Å². The maximum Gasteiger partial charge on any atom is 0.395 e. The van der Waals surface area contributed by atoms with E-state index in [9.17, 15) is 4.79 Å². The third-order valence-corrected chi connectivity index (χ3v) is 1.78. The molecular formula is C6H8O5. The van der Waals surface area contributed by atoms with Crippen LogP contribution in [0.3, 0.4) is 0 Å². The zero-order valence-corrected chi connectivity index (χ0v) is 5.99. The lowest BCUT2D eigenvalue weighted by atomic mass is 10.1. The van der Waals surface area contributed by atoms with Crippen molar-refractivity contribution in [3.05, 3.63) is 0 Å². The lowest BCUT2D eigenvalue weighted by Gasteiger charge is -2.18. The maximum atomic E-state index is 10.5. The summed E-state index contributed by atoms with van der Waals surface area (Å²) in [6, 6.07) is 0. The third kappa shape index (κ3) is 0.786. The molecule has 2 rings (SSSR count). The summed E-state index contributed by atoms with van der Waals surface area (Å²) in [4.78, 5) is 10.5. The molecule has 0 atom stereocenters. The quantitative estimate of drug-likeness (QED) is 0.563. The zero-order chi connectivity index (χ0) is 8.11. The van der Waals surface area contributed by atoms with Crippen molar-refractivity contribution in [1.29, 1.82) is 0 Å². The van der Waals surface area contributed by atoms with Crippen LogP contribution in [-0.2, 0) is 19.0 Å². The van der Waals surface area contributed by atoms with E-state index in [1.807, 2.05) is 0 Å². The van der Waals surface area contributed by atoms with Crippen molar-refractivity contribution in [3.8, 4) is 0 Å². The maximum absolute atomic E-state index is 10.5. The molecule has 62 valence electrons. The zero-order valence-electron chi connectivity index (χ0n) is 5.99. The van der Waals surface area contributed by atoms with Crippen molar-refractivity contribution in [2.24, 2.45) is 0 Å². The number of carbonyl (C=O) groups is 1. The molecule has 0 unspecified atom stereocenters. The minimum Gasteiger partial charge on any atom is -0.475 e. The van der Waals surface area contributed by atoms with Gasteiger partial charge in [0.2, 0.25) is 0 Å². The number of ether oxygens (including phenoxy) is 3. The molecule has 2 aliphatic heterocycles. The molecule has 0 amide bonds. The van der Waals surface area contributed by atoms with Gasteiger partial charge in [0, 0.05) is 0 Å². The molecule has 0 aromatic heterocycles. The fourth-order valence-electron chi connectivity index (χ4n) is 1.19. The topological polar surface area (TPSA) is 65.0 Å². The molecular weight excluding hydrogens is 152 g/mol. The highest BCUT2D eigenvalue weighted by Crippen LogP contribution is 2.39. The molecule has 11 heavy (non-hydrogen) atoms. The number of rotatable bonds is 1. The summed E-state index contributed by atoms with van der Waals surface area (Å²) >= 11 is 0. The van der Waals surface area contributed by atoms with Gasteiger partial charge in [0.05, 0.1) is 13.2 Å². The normalized spacial score (nSPS) is 48.1. The Morgan fingerprint density at radius 2 is 2.00 bits per heavy atom. The van der Waals surface area contributed by atoms with Crippen LogP contribution in [-0.4, -0.2) is 35.9 Å². The molecule has 5 nitrogen and oxygen atoms in total. The van der Waals surface area contributed by atoms with Crippen LogP contribution in [0.25, 0.3) is 0 Å². The van der Waals surface area contributed by atoms with E-state index < -0.39 is 17.5 Å². The molecule has 2 heterocycles. The number of fused-ring (bicyclic) bond motifs is 2. The average molecular weight is 160 g/mol. The van der Waals surface area contributed by atoms with Gasteiger partial charge in [-0.15, -0.1) is 0 Å². The van der Waals surface area contributed by atoms with Gasteiger partial charge in [-0.3, -0.25) is 0 Å². The van der Waals surface area contributed by atoms with Crippen LogP contribution < -0.4 is 0 Å². The largest absolute Gasteiger partial charge is 0.475 e. The van der Waals surface area contributed by atoms with Gasteiger partial charge < -0.3 is 19.3 Å². The molecule has 0 aromatic carbocycles. The van der Waals surface area contributed by atoms with E-state index in [4.69, 9.17) is 19.3 Å². The number of hydrogen-bond donors (Lipinski definition) is 1. The van der Waals surface area contributed by atoms with Gasteiger partial charge in [0.1, 0.15) is 5.60 Å². The number of hydrogen-bond acceptors (Lipinski definition) is 4. The molecule has 1 N–H and O–H groups in total. The van der Waals surface area contributed by atoms with Gasteiger partial charge >= 0.3 is 11.9 Å². The van der Waals surface area contributed by atoms with Crippen molar-refractivity contribution < 1.29 is 24.1 Å². The summed E-state index contributed by atoms with van der Waals surface area (Å²) in [6.07, 6.45) is 0. The van der Waals surface area contributed by atoms with Crippen molar-refractivity contribution in [1.82, 2.24) is 0 Å². The fraction of sp³-hybridized carbons (Fsp3) is 0.833. The van der Waals surface area contributed by atoms with Crippen LogP contribution in [0.5, 0.6) is 0 Å². The van der Waals surface area contributed by atoms with Gasteiger partial charge in [-0.25, -0.2) is 4.79 Å². The standard InChI is InChI=1S/C6H8O5/c1-5-2-9-6(11-5,4(7)8)10-3-5/h2-3H2,1H3,(H,7,8). The van der Waals surface area contributed by atoms with Gasteiger partial charge in [0.15, 0.2) is 0 Å². The van der Waals surface area contributed by atoms with E-state index in [1.165, 1.54) is 0 Å². The molecule has 0 aliphatic carbocycles. The minimum absolute atomic E-state index is 0.277. The summed E-state index contributed by atoms with van der Waals surface area (Å²) in [5, 5.41) is 8.63. The van der Waals surface area contributed by atoms with Crippen molar-refractivity contribution in [2.45, 2.75) is 18.5 Å². The monoisotopic (exact) mass is 160 g/mol. The van der Waals surface area contributed by atoms with E-state index in [0.29, 0.717) is 0 Å². The molecule has 0 saturated carbocycles. The van der Waals surface area contributed by atoms with Crippen molar-refractivity contribution in [2.75, 3.05) is 13.2 Å². The minimum atomic E-state index is -1.81. The number of aliphatic carboxylic acids is 1. The van der Waals surface area contributed by atoms with Crippen LogP contribution in [0.4, 0.5) is 0 Å². The highest BCUT2D eigenvalue weighted by molar-refractivity contribution is 5.74. The SMILES string of the molecule is CC12COC(C(=O)O)(OC1)O2. The lowest BCUT2D eigenvalue weighted by molar-refractivity contribution is -0.289. The van der Waals surface area contributed by atoms with E-state index in [2.05, 4.69) is 0 Å². The molecule has 2 aliphatic rings. The average Bonchev–Trinajstić information content (AvgIpc) is 2.42. The first-order valence-electron chi connectivity index (χ1n) is 3.28. The van der Waals surface area contributed by atoms with Gasteiger partial charge in [-0.2, -0.15) is 0 Å². The highest BCUT2D eigenvalue weighted by atomic mass is 16.9. The smallest absolute Gasteiger partial charge is 0.395 e. The van der Waals surface area contributed by atoms with E-state index in [-0.39, 0.29) is 13.2 Å². The molecule has 5 heteroatoms. The van der Waals surface area contributed by atoms with Gasteiger partial charge in [-0.1, -0.05) is 0 Å². The first-order chi connectivity index (χ1) is 5.06. The van der Waals surface area contributed by atoms with Crippen LogP contribution >= 0.6 is 0 Å². The van der Waals surface area contributed by atoms with E-state index in [1.54, 1.807) is 6.92 Å². The first kappa shape index (κ1) is 7.02. The predicted molar refractivity (Wildman–Crippen MR) is 31.8 cm³/mol. The van der Waals surface area contributed by atoms with E-state index in [0.717, 1.165) is 0 Å². The third-order valence-electron chi connectivity index (χ3n) is 1.78. The number of carboxylic acid groups (broad SMARTS) is 1. The lowest BCUT2D eigenvalue weighted by Crippen LogP contribution is -2.40. The predicted octanol–water partition coefficient (Wildman–Crippen LogP) is -0.440. The Balaban J connectivity index is 2.27. The van der Waals surface area contributed by atoms with Gasteiger partial charge in [-0.05, 0) is 6.92 Å². The summed E-state index contributed by atoms with van der Waals surface area (Å²) in [7, 11) is 0. The molecule has 2 fully saturated rings. The Kier molecular flexibility index (Phi) is 1.11. The Labute approximate surface area is 62.8 Å². The summed E-state index contributed by atoms with van der Waals surface area (Å²) in [5.41, 5.74) is -0.571. The molecule has 2 saturated heterocycles. The highest BCUT2D eigenvalue weighted by Gasteiger charge is 2.62. The Bertz CT molecular complexity index is 203. The molecule has 2 bridgehead atoms. The van der Waals surface area contributed by atoms with E-state index >= 15 is 0 Å². The van der Waals surface area contributed by atoms with Crippen LogP contribution in [0.1, 0.15) is 6.92 Å². The molecule has 0 radical (unpaired) electrons. The fourth-order valence-corrected chi connectivity index (χ4v) is 1.19. The van der Waals surface area contributed by atoms with Crippen molar-refractivity contribution >= 4 is 5.97 Å². The summed E-state index contributed by atoms with van der Waals surface area (Å²) in [6.45, 7) is 2.31.